The lowest BCUT2D eigenvalue weighted by molar-refractivity contribution is -0.135. The normalized spacial score (nSPS) is 26.5. The van der Waals surface area contributed by atoms with Gasteiger partial charge < -0.3 is 4.90 Å². The Bertz CT molecular complexity index is 683. The average molecular weight is 357 g/mol. The van der Waals surface area contributed by atoms with Gasteiger partial charge in [0.1, 0.15) is 0 Å². The summed E-state index contributed by atoms with van der Waals surface area (Å²) in [4.78, 5) is 18.1. The molecular formula is C16H24N2O3S2. The van der Waals surface area contributed by atoms with Crippen LogP contribution >= 0.6 is 11.3 Å². The van der Waals surface area contributed by atoms with Crippen LogP contribution in [0.15, 0.2) is 11.4 Å². The van der Waals surface area contributed by atoms with Gasteiger partial charge in [-0.05, 0) is 43.3 Å². The molecule has 128 valence electrons. The van der Waals surface area contributed by atoms with Crippen molar-refractivity contribution in [3.63, 3.8) is 0 Å². The minimum atomic E-state index is -2.91. The lowest BCUT2D eigenvalue weighted by atomic mass is 9.97. The third-order valence-corrected chi connectivity index (χ3v) is 7.77. The summed E-state index contributed by atoms with van der Waals surface area (Å²) in [5.74, 6) is 0.541. The summed E-state index contributed by atoms with van der Waals surface area (Å²) in [6.45, 7) is 3.18. The summed E-state index contributed by atoms with van der Waals surface area (Å²) < 4.78 is 23.2. The SMILES string of the molecule is CCC1c2ccsc2CCN1C(=O)CN(C)C1CCS(=O)(=O)C1. The number of likely N-dealkylation sites (N-methyl/N-ethyl adjacent to an activating group) is 1. The van der Waals surface area contributed by atoms with Crippen LogP contribution in [0.3, 0.4) is 0 Å². The Balaban J connectivity index is 1.66. The van der Waals surface area contributed by atoms with Crippen molar-refractivity contribution in [3.8, 4) is 0 Å². The maximum absolute atomic E-state index is 12.8. The molecule has 2 atom stereocenters. The van der Waals surface area contributed by atoms with Crippen LogP contribution in [-0.4, -0.2) is 61.8 Å². The number of rotatable bonds is 4. The number of hydrogen-bond donors (Lipinski definition) is 0. The van der Waals surface area contributed by atoms with Crippen LogP contribution in [0.2, 0.25) is 0 Å². The number of nitrogens with zero attached hydrogens (tertiary/aromatic N) is 2. The van der Waals surface area contributed by atoms with Crippen molar-refractivity contribution in [1.29, 1.82) is 0 Å². The number of sulfone groups is 1. The van der Waals surface area contributed by atoms with Crippen LogP contribution < -0.4 is 0 Å². The van der Waals surface area contributed by atoms with E-state index in [4.69, 9.17) is 0 Å². The Labute approximate surface area is 142 Å². The Morgan fingerprint density at radius 1 is 1.48 bits per heavy atom. The maximum Gasteiger partial charge on any atom is 0.237 e. The second kappa shape index (κ2) is 6.53. The van der Waals surface area contributed by atoms with Gasteiger partial charge in [-0.1, -0.05) is 6.92 Å². The van der Waals surface area contributed by atoms with E-state index < -0.39 is 9.84 Å². The molecule has 1 saturated heterocycles. The summed E-state index contributed by atoms with van der Waals surface area (Å²) in [6, 6.07) is 2.28. The molecule has 5 nitrogen and oxygen atoms in total. The smallest absolute Gasteiger partial charge is 0.237 e. The Kier molecular flexibility index (Phi) is 4.80. The number of thiophene rings is 1. The zero-order valence-corrected chi connectivity index (χ0v) is 15.3. The highest BCUT2D eigenvalue weighted by atomic mass is 32.2. The van der Waals surface area contributed by atoms with Crippen molar-refractivity contribution < 1.29 is 13.2 Å². The fourth-order valence-electron chi connectivity index (χ4n) is 3.69. The highest BCUT2D eigenvalue weighted by molar-refractivity contribution is 7.91. The van der Waals surface area contributed by atoms with Crippen LogP contribution in [0.5, 0.6) is 0 Å². The fourth-order valence-corrected chi connectivity index (χ4v) is 6.42. The first-order chi connectivity index (χ1) is 10.9. The summed E-state index contributed by atoms with van der Waals surface area (Å²) in [6.07, 6.45) is 2.48. The van der Waals surface area contributed by atoms with Gasteiger partial charge in [-0.3, -0.25) is 9.69 Å². The number of amides is 1. The summed E-state index contributed by atoms with van der Waals surface area (Å²) in [5, 5.41) is 2.11. The van der Waals surface area contributed by atoms with Gasteiger partial charge in [0.15, 0.2) is 9.84 Å². The van der Waals surface area contributed by atoms with E-state index in [9.17, 15) is 13.2 Å². The van der Waals surface area contributed by atoms with Crippen molar-refractivity contribution in [1.82, 2.24) is 9.80 Å². The minimum absolute atomic E-state index is 0.0227. The first-order valence-electron chi connectivity index (χ1n) is 8.17. The van der Waals surface area contributed by atoms with Gasteiger partial charge in [0.2, 0.25) is 5.91 Å². The Hall–Kier alpha value is -0.920. The standard InChI is InChI=1S/C16H24N2O3S2/c1-3-14-13-5-8-22-15(13)4-7-18(14)16(19)10-17(2)12-6-9-23(20,21)11-12/h5,8,12,14H,3-4,6-7,9-11H2,1-2H3. The van der Waals surface area contributed by atoms with E-state index in [0.717, 1.165) is 19.4 Å². The van der Waals surface area contributed by atoms with Crippen molar-refractivity contribution in [2.24, 2.45) is 0 Å². The van der Waals surface area contributed by atoms with E-state index in [2.05, 4.69) is 18.4 Å². The van der Waals surface area contributed by atoms with Crippen LogP contribution in [-0.2, 0) is 21.1 Å². The van der Waals surface area contributed by atoms with Gasteiger partial charge in [-0.15, -0.1) is 11.3 Å². The quantitative estimate of drug-likeness (QED) is 0.824. The largest absolute Gasteiger partial charge is 0.334 e. The third kappa shape index (κ3) is 3.46. The third-order valence-electron chi connectivity index (χ3n) is 5.02. The molecule has 23 heavy (non-hydrogen) atoms. The predicted octanol–water partition coefficient (Wildman–Crippen LogP) is 1.70. The summed E-state index contributed by atoms with van der Waals surface area (Å²) >= 11 is 1.78. The molecule has 0 aromatic carbocycles. The van der Waals surface area contributed by atoms with Gasteiger partial charge in [-0.2, -0.15) is 0 Å². The van der Waals surface area contributed by atoms with Crippen LogP contribution in [0.4, 0.5) is 0 Å². The second-order valence-corrected chi connectivity index (χ2v) is 9.76. The van der Waals surface area contributed by atoms with Gasteiger partial charge in [0, 0.05) is 17.5 Å². The van der Waals surface area contributed by atoms with Gasteiger partial charge in [-0.25, -0.2) is 8.42 Å². The molecule has 2 unspecified atom stereocenters. The summed E-state index contributed by atoms with van der Waals surface area (Å²) in [5.41, 5.74) is 1.29. The molecule has 0 N–H and O–H groups in total. The highest BCUT2D eigenvalue weighted by Crippen LogP contribution is 2.35. The number of hydrogen-bond acceptors (Lipinski definition) is 5. The van der Waals surface area contributed by atoms with Gasteiger partial charge in [0.05, 0.1) is 24.1 Å². The highest BCUT2D eigenvalue weighted by Gasteiger charge is 2.34. The molecule has 0 aliphatic carbocycles. The molecule has 3 rings (SSSR count). The minimum Gasteiger partial charge on any atom is -0.334 e. The fraction of sp³-hybridized carbons (Fsp3) is 0.688. The Morgan fingerprint density at radius 3 is 2.91 bits per heavy atom. The lowest BCUT2D eigenvalue weighted by Gasteiger charge is -2.37. The molecule has 3 heterocycles. The van der Waals surface area contributed by atoms with E-state index in [0.29, 0.717) is 13.0 Å². The number of carbonyl (C=O) groups excluding carboxylic acids is 1. The van der Waals surface area contributed by atoms with Crippen molar-refractivity contribution in [2.75, 3.05) is 31.6 Å². The lowest BCUT2D eigenvalue weighted by Crippen LogP contribution is -2.46. The van der Waals surface area contributed by atoms with Crippen LogP contribution in [0.25, 0.3) is 0 Å². The average Bonchev–Trinajstić information content (AvgIpc) is 3.11. The van der Waals surface area contributed by atoms with E-state index in [1.807, 2.05) is 16.8 Å². The molecule has 2 aliphatic rings. The first kappa shape index (κ1) is 16.9. The van der Waals surface area contributed by atoms with E-state index in [-0.39, 0.29) is 29.5 Å². The molecule has 0 radical (unpaired) electrons. The van der Waals surface area contributed by atoms with Crippen molar-refractivity contribution in [3.05, 3.63) is 21.9 Å². The number of fused-ring (bicyclic) bond motifs is 1. The predicted molar refractivity (Wildman–Crippen MR) is 92.5 cm³/mol. The van der Waals surface area contributed by atoms with Crippen molar-refractivity contribution >= 4 is 27.1 Å². The number of carbonyl (C=O) groups is 1. The topological polar surface area (TPSA) is 57.7 Å². The molecule has 2 aliphatic heterocycles. The Morgan fingerprint density at radius 2 is 2.26 bits per heavy atom. The maximum atomic E-state index is 12.8. The molecule has 1 fully saturated rings. The van der Waals surface area contributed by atoms with E-state index in [1.165, 1.54) is 10.4 Å². The molecule has 1 aromatic heterocycles. The zero-order chi connectivity index (χ0) is 16.6. The van der Waals surface area contributed by atoms with E-state index >= 15 is 0 Å². The summed E-state index contributed by atoms with van der Waals surface area (Å²) in [7, 11) is -1.05. The van der Waals surface area contributed by atoms with Crippen LogP contribution in [0, 0.1) is 0 Å². The zero-order valence-electron chi connectivity index (χ0n) is 13.7. The first-order valence-corrected chi connectivity index (χ1v) is 10.9. The van der Waals surface area contributed by atoms with Crippen molar-refractivity contribution in [2.45, 2.75) is 38.3 Å². The van der Waals surface area contributed by atoms with Gasteiger partial charge >= 0.3 is 0 Å². The molecule has 0 saturated carbocycles. The molecular weight excluding hydrogens is 332 g/mol. The molecule has 7 heteroatoms. The van der Waals surface area contributed by atoms with Gasteiger partial charge in [0.25, 0.3) is 0 Å². The molecule has 0 bridgehead atoms. The monoisotopic (exact) mass is 356 g/mol. The second-order valence-electron chi connectivity index (χ2n) is 6.53. The van der Waals surface area contributed by atoms with E-state index in [1.54, 1.807) is 11.3 Å². The van der Waals surface area contributed by atoms with Crippen LogP contribution in [0.1, 0.15) is 36.2 Å². The molecule has 1 aromatic rings. The molecule has 0 spiro atoms. The molecule has 1 amide bonds.